The third-order valence-electron chi connectivity index (χ3n) is 3.47. The molecule has 1 fully saturated rings. The molecule has 0 aliphatic carbocycles. The van der Waals surface area contributed by atoms with Crippen molar-refractivity contribution in [1.82, 2.24) is 10.3 Å². The fourth-order valence-corrected chi connectivity index (χ4v) is 2.36. The van der Waals surface area contributed by atoms with Crippen LogP contribution < -0.4 is 10.2 Å². The molecule has 6 heteroatoms. The van der Waals surface area contributed by atoms with Crippen LogP contribution in [-0.4, -0.2) is 42.1 Å². The van der Waals surface area contributed by atoms with Gasteiger partial charge in [-0.3, -0.25) is 9.59 Å². The number of hydrogen-bond acceptors (Lipinski definition) is 4. The summed E-state index contributed by atoms with van der Waals surface area (Å²) in [5, 5.41) is 3.84. The van der Waals surface area contributed by atoms with Crippen LogP contribution in [0.2, 0.25) is 0 Å². The SMILES string of the molecule is CC(C)Oc1ccc(C=NNC(=O)C(=O)N2CCCCC2)cc1. The molecule has 1 aromatic carbocycles. The molecular weight excluding hydrogens is 294 g/mol. The molecule has 1 saturated heterocycles. The second kappa shape index (κ2) is 8.31. The van der Waals surface area contributed by atoms with Crippen molar-refractivity contribution in [3.05, 3.63) is 29.8 Å². The summed E-state index contributed by atoms with van der Waals surface area (Å²) in [6.07, 6.45) is 4.63. The lowest BCUT2D eigenvalue weighted by Gasteiger charge is -2.25. The van der Waals surface area contributed by atoms with Crippen molar-refractivity contribution in [3.8, 4) is 5.75 Å². The Morgan fingerprint density at radius 1 is 1.17 bits per heavy atom. The van der Waals surface area contributed by atoms with Gasteiger partial charge in [0.05, 0.1) is 12.3 Å². The summed E-state index contributed by atoms with van der Waals surface area (Å²) < 4.78 is 5.55. The van der Waals surface area contributed by atoms with E-state index in [0.29, 0.717) is 13.1 Å². The summed E-state index contributed by atoms with van der Waals surface area (Å²) in [5.41, 5.74) is 3.09. The molecule has 0 bridgehead atoms. The van der Waals surface area contributed by atoms with Gasteiger partial charge in [-0.1, -0.05) is 0 Å². The molecule has 1 heterocycles. The average molecular weight is 317 g/mol. The number of likely N-dealkylation sites (tertiary alicyclic amines) is 1. The molecule has 0 radical (unpaired) electrons. The van der Waals surface area contributed by atoms with Crippen LogP contribution in [0, 0.1) is 0 Å². The number of hydrazone groups is 1. The molecule has 1 aliphatic rings. The van der Waals surface area contributed by atoms with E-state index in [-0.39, 0.29) is 6.10 Å². The van der Waals surface area contributed by atoms with Gasteiger partial charge in [-0.05, 0) is 62.9 Å². The molecule has 0 unspecified atom stereocenters. The maximum absolute atomic E-state index is 11.9. The Morgan fingerprint density at radius 2 is 1.83 bits per heavy atom. The number of nitrogens with one attached hydrogen (secondary N) is 1. The molecule has 2 rings (SSSR count). The largest absolute Gasteiger partial charge is 0.491 e. The van der Waals surface area contributed by atoms with Gasteiger partial charge in [-0.15, -0.1) is 0 Å². The smallest absolute Gasteiger partial charge is 0.329 e. The molecular formula is C17H23N3O3. The van der Waals surface area contributed by atoms with E-state index >= 15 is 0 Å². The number of rotatable bonds is 4. The normalized spacial score (nSPS) is 15.0. The van der Waals surface area contributed by atoms with E-state index in [1.165, 1.54) is 6.21 Å². The van der Waals surface area contributed by atoms with Crippen molar-refractivity contribution in [3.63, 3.8) is 0 Å². The third-order valence-corrected chi connectivity index (χ3v) is 3.47. The van der Waals surface area contributed by atoms with Crippen molar-refractivity contribution >= 4 is 18.0 Å². The first-order chi connectivity index (χ1) is 11.1. The first-order valence-electron chi connectivity index (χ1n) is 7.95. The maximum Gasteiger partial charge on any atom is 0.329 e. The Kier molecular flexibility index (Phi) is 6.14. The van der Waals surface area contributed by atoms with E-state index in [1.54, 1.807) is 4.90 Å². The van der Waals surface area contributed by atoms with Crippen molar-refractivity contribution in [1.29, 1.82) is 0 Å². The topological polar surface area (TPSA) is 71.0 Å². The van der Waals surface area contributed by atoms with Crippen molar-refractivity contribution < 1.29 is 14.3 Å². The van der Waals surface area contributed by atoms with Gasteiger partial charge in [0, 0.05) is 13.1 Å². The Labute approximate surface area is 136 Å². The fraction of sp³-hybridized carbons (Fsp3) is 0.471. The monoisotopic (exact) mass is 317 g/mol. The lowest BCUT2D eigenvalue weighted by Crippen LogP contribution is -2.43. The van der Waals surface area contributed by atoms with Gasteiger partial charge in [-0.25, -0.2) is 5.43 Å². The molecule has 1 aromatic rings. The Bertz CT molecular complexity index is 561. The van der Waals surface area contributed by atoms with E-state index in [0.717, 1.165) is 30.6 Å². The minimum Gasteiger partial charge on any atom is -0.491 e. The predicted octanol–water partition coefficient (Wildman–Crippen LogP) is 1.94. The molecule has 0 aromatic heterocycles. The zero-order chi connectivity index (χ0) is 16.7. The molecule has 124 valence electrons. The molecule has 23 heavy (non-hydrogen) atoms. The highest BCUT2D eigenvalue weighted by molar-refractivity contribution is 6.35. The highest BCUT2D eigenvalue weighted by atomic mass is 16.5. The zero-order valence-corrected chi connectivity index (χ0v) is 13.6. The van der Waals surface area contributed by atoms with Crippen molar-refractivity contribution in [2.45, 2.75) is 39.2 Å². The van der Waals surface area contributed by atoms with Gasteiger partial charge in [0.15, 0.2) is 0 Å². The van der Waals surface area contributed by atoms with Crippen LogP contribution in [0.4, 0.5) is 0 Å². The lowest BCUT2D eigenvalue weighted by molar-refractivity contribution is -0.146. The van der Waals surface area contributed by atoms with Crippen LogP contribution in [0.3, 0.4) is 0 Å². The van der Waals surface area contributed by atoms with Crippen LogP contribution in [0.25, 0.3) is 0 Å². The average Bonchev–Trinajstić information content (AvgIpc) is 2.56. The number of ether oxygens (including phenoxy) is 1. The summed E-state index contributed by atoms with van der Waals surface area (Å²) in [7, 11) is 0. The van der Waals surface area contributed by atoms with Crippen LogP contribution in [-0.2, 0) is 9.59 Å². The fourth-order valence-electron chi connectivity index (χ4n) is 2.36. The maximum atomic E-state index is 11.9. The van der Waals surface area contributed by atoms with E-state index < -0.39 is 11.8 Å². The third kappa shape index (κ3) is 5.39. The highest BCUT2D eigenvalue weighted by Gasteiger charge is 2.22. The number of carbonyl (C=O) groups excluding carboxylic acids is 2. The summed E-state index contributed by atoms with van der Waals surface area (Å²) in [6.45, 7) is 5.22. The van der Waals surface area contributed by atoms with Crippen LogP contribution in [0.15, 0.2) is 29.4 Å². The van der Waals surface area contributed by atoms with E-state index in [4.69, 9.17) is 4.74 Å². The summed E-state index contributed by atoms with van der Waals surface area (Å²) in [6, 6.07) is 7.34. The summed E-state index contributed by atoms with van der Waals surface area (Å²) >= 11 is 0. The van der Waals surface area contributed by atoms with Gasteiger partial charge in [0.1, 0.15) is 5.75 Å². The Balaban J connectivity index is 1.83. The highest BCUT2D eigenvalue weighted by Crippen LogP contribution is 2.12. The van der Waals surface area contributed by atoms with Gasteiger partial charge < -0.3 is 9.64 Å². The summed E-state index contributed by atoms with van der Waals surface area (Å²) in [5.74, 6) is -0.424. The Morgan fingerprint density at radius 3 is 2.43 bits per heavy atom. The van der Waals surface area contributed by atoms with E-state index in [2.05, 4.69) is 10.5 Å². The molecule has 1 N–H and O–H groups in total. The Hall–Kier alpha value is -2.37. The quantitative estimate of drug-likeness (QED) is 0.524. The number of nitrogens with zero attached hydrogens (tertiary/aromatic N) is 2. The molecule has 2 amide bonds. The molecule has 0 spiro atoms. The molecule has 0 atom stereocenters. The predicted molar refractivity (Wildman–Crippen MR) is 88.4 cm³/mol. The minimum absolute atomic E-state index is 0.120. The number of hydrogen-bond donors (Lipinski definition) is 1. The van der Waals surface area contributed by atoms with Crippen LogP contribution in [0.1, 0.15) is 38.7 Å². The number of carbonyl (C=O) groups is 2. The first-order valence-corrected chi connectivity index (χ1v) is 7.95. The van der Waals surface area contributed by atoms with Gasteiger partial charge in [-0.2, -0.15) is 5.10 Å². The number of benzene rings is 1. The lowest BCUT2D eigenvalue weighted by atomic mass is 10.1. The van der Waals surface area contributed by atoms with Crippen LogP contribution >= 0.6 is 0 Å². The second-order valence-electron chi connectivity index (χ2n) is 5.79. The molecule has 6 nitrogen and oxygen atoms in total. The van der Waals surface area contributed by atoms with Gasteiger partial charge in [0.25, 0.3) is 0 Å². The standard InChI is InChI=1S/C17H23N3O3/c1-13(2)23-15-8-6-14(7-9-15)12-18-19-16(21)17(22)20-10-4-3-5-11-20/h6-9,12-13H,3-5,10-11H2,1-2H3,(H,19,21). The van der Waals surface area contributed by atoms with E-state index in [1.807, 2.05) is 38.1 Å². The first kappa shape index (κ1) is 17.0. The van der Waals surface area contributed by atoms with Crippen molar-refractivity contribution in [2.75, 3.05) is 13.1 Å². The minimum atomic E-state index is -0.692. The van der Waals surface area contributed by atoms with Gasteiger partial charge >= 0.3 is 11.8 Å². The zero-order valence-electron chi connectivity index (χ0n) is 13.6. The van der Waals surface area contributed by atoms with Gasteiger partial charge in [0.2, 0.25) is 0 Å². The van der Waals surface area contributed by atoms with Crippen LogP contribution in [0.5, 0.6) is 5.75 Å². The number of piperidine rings is 1. The summed E-state index contributed by atoms with van der Waals surface area (Å²) in [4.78, 5) is 25.3. The molecule has 0 saturated carbocycles. The number of amides is 2. The van der Waals surface area contributed by atoms with E-state index in [9.17, 15) is 9.59 Å². The second-order valence-corrected chi connectivity index (χ2v) is 5.79. The van der Waals surface area contributed by atoms with Crippen molar-refractivity contribution in [2.24, 2.45) is 5.10 Å². The molecule has 1 aliphatic heterocycles.